The van der Waals surface area contributed by atoms with Crippen molar-refractivity contribution in [3.05, 3.63) is 12.2 Å². The van der Waals surface area contributed by atoms with Gasteiger partial charge in [-0.05, 0) is 38.0 Å². The summed E-state index contributed by atoms with van der Waals surface area (Å²) in [7, 11) is 0. The van der Waals surface area contributed by atoms with Crippen LogP contribution in [0.15, 0.2) is 12.2 Å². The van der Waals surface area contributed by atoms with E-state index in [9.17, 15) is 0 Å². The third-order valence-electron chi connectivity index (χ3n) is 4.91. The lowest BCUT2D eigenvalue weighted by atomic mass is 9.78. The maximum Gasteiger partial charge on any atom is 0.0633 e. The van der Waals surface area contributed by atoms with Crippen molar-refractivity contribution in [2.75, 3.05) is 19.8 Å². The molecule has 2 aliphatic heterocycles. The molecule has 2 heterocycles. The van der Waals surface area contributed by atoms with Gasteiger partial charge < -0.3 is 14.6 Å². The summed E-state index contributed by atoms with van der Waals surface area (Å²) in [5.41, 5.74) is 0. The van der Waals surface area contributed by atoms with E-state index in [1.54, 1.807) is 0 Å². The Labute approximate surface area is 129 Å². The minimum Gasteiger partial charge on any atom is -0.396 e. The average Bonchev–Trinajstić information content (AvgIpc) is 3.09. The van der Waals surface area contributed by atoms with Crippen molar-refractivity contribution in [3.63, 3.8) is 0 Å². The van der Waals surface area contributed by atoms with Crippen LogP contribution in [-0.4, -0.2) is 37.1 Å². The highest BCUT2D eigenvalue weighted by Gasteiger charge is 2.47. The Morgan fingerprint density at radius 3 is 2.67 bits per heavy atom. The normalized spacial score (nSPS) is 31.5. The molecule has 0 spiro atoms. The molecule has 2 aliphatic rings. The molecule has 3 heteroatoms. The van der Waals surface area contributed by atoms with Crippen LogP contribution < -0.4 is 0 Å². The van der Waals surface area contributed by atoms with Crippen LogP contribution in [-0.2, 0) is 9.47 Å². The van der Waals surface area contributed by atoms with Crippen molar-refractivity contribution in [2.45, 2.75) is 70.5 Å². The van der Waals surface area contributed by atoms with Gasteiger partial charge in [0.05, 0.1) is 18.8 Å². The predicted molar refractivity (Wildman–Crippen MR) is 85.3 cm³/mol. The van der Waals surface area contributed by atoms with E-state index in [1.807, 2.05) is 0 Å². The molecule has 0 aromatic heterocycles. The zero-order chi connectivity index (χ0) is 14.9. The van der Waals surface area contributed by atoms with Crippen molar-refractivity contribution in [1.29, 1.82) is 0 Å². The van der Waals surface area contributed by atoms with Gasteiger partial charge in [-0.1, -0.05) is 38.3 Å². The molecular weight excluding hydrogens is 264 g/mol. The van der Waals surface area contributed by atoms with Gasteiger partial charge in [0, 0.05) is 19.1 Å². The number of allylic oxidation sites excluding steroid dienone is 1. The molecule has 0 unspecified atom stereocenters. The molecule has 2 fully saturated rings. The molecule has 122 valence electrons. The lowest BCUT2D eigenvalue weighted by Gasteiger charge is -2.27. The lowest BCUT2D eigenvalue weighted by Crippen LogP contribution is -2.30. The van der Waals surface area contributed by atoms with Crippen LogP contribution >= 0.6 is 0 Å². The van der Waals surface area contributed by atoms with Crippen LogP contribution in [0.4, 0.5) is 0 Å². The van der Waals surface area contributed by atoms with E-state index < -0.39 is 0 Å². The molecule has 0 radical (unpaired) electrons. The highest BCUT2D eigenvalue weighted by Crippen LogP contribution is 2.45. The van der Waals surface area contributed by atoms with Gasteiger partial charge in [0.1, 0.15) is 0 Å². The second-order valence-corrected chi connectivity index (χ2v) is 6.47. The highest BCUT2D eigenvalue weighted by atomic mass is 16.5. The van der Waals surface area contributed by atoms with Crippen LogP contribution in [0.2, 0.25) is 0 Å². The third kappa shape index (κ3) is 5.08. The molecule has 2 saturated heterocycles. The van der Waals surface area contributed by atoms with Crippen LogP contribution in [0.25, 0.3) is 0 Å². The summed E-state index contributed by atoms with van der Waals surface area (Å²) in [6.45, 7) is 4.25. The molecule has 21 heavy (non-hydrogen) atoms. The van der Waals surface area contributed by atoms with E-state index in [2.05, 4.69) is 19.1 Å². The number of hydrogen-bond donors (Lipinski definition) is 1. The SMILES string of the molecule is CCCCCCOC[C@H]1[C@@H](C/C=C\CCO)[C@H]2CC[C@@H]1O2. The smallest absolute Gasteiger partial charge is 0.0633 e. The number of unbranched alkanes of at least 4 members (excludes halogenated alkanes) is 3. The van der Waals surface area contributed by atoms with Crippen LogP contribution in [0.1, 0.15) is 58.3 Å². The van der Waals surface area contributed by atoms with Crippen molar-refractivity contribution < 1.29 is 14.6 Å². The summed E-state index contributed by atoms with van der Waals surface area (Å²) in [5, 5.41) is 8.82. The second kappa shape index (κ2) is 9.60. The number of aliphatic hydroxyl groups is 1. The van der Waals surface area contributed by atoms with Gasteiger partial charge in [-0.25, -0.2) is 0 Å². The highest BCUT2D eigenvalue weighted by molar-refractivity contribution is 4.99. The molecule has 3 nitrogen and oxygen atoms in total. The average molecular weight is 296 g/mol. The Morgan fingerprint density at radius 2 is 1.90 bits per heavy atom. The summed E-state index contributed by atoms with van der Waals surface area (Å²) < 4.78 is 12.0. The molecule has 0 aromatic carbocycles. The Morgan fingerprint density at radius 1 is 1.10 bits per heavy atom. The zero-order valence-electron chi connectivity index (χ0n) is 13.5. The summed E-state index contributed by atoms with van der Waals surface area (Å²) in [5.74, 6) is 1.20. The largest absolute Gasteiger partial charge is 0.396 e. The molecule has 1 N–H and O–H groups in total. The lowest BCUT2D eigenvalue weighted by molar-refractivity contribution is 0.0478. The van der Waals surface area contributed by atoms with Crippen molar-refractivity contribution in [3.8, 4) is 0 Å². The van der Waals surface area contributed by atoms with E-state index in [0.717, 1.165) is 26.1 Å². The van der Waals surface area contributed by atoms with Gasteiger partial charge in [0.2, 0.25) is 0 Å². The number of ether oxygens (including phenoxy) is 2. The van der Waals surface area contributed by atoms with Crippen molar-refractivity contribution in [2.24, 2.45) is 11.8 Å². The van der Waals surface area contributed by atoms with E-state index in [0.29, 0.717) is 24.0 Å². The minimum absolute atomic E-state index is 0.244. The summed E-state index contributed by atoms with van der Waals surface area (Å²) >= 11 is 0. The standard InChI is InChI=1S/C18H32O3/c1-2-3-4-8-13-20-14-16-15(9-6-5-7-12-19)17-10-11-18(16)21-17/h5-6,15-19H,2-4,7-14H2,1H3/b6-5-/t15-,16+,17-,18+/m1/s1. The predicted octanol–water partition coefficient (Wildman–Crippen LogP) is 3.71. The molecule has 4 atom stereocenters. The number of fused-ring (bicyclic) bond motifs is 2. The summed E-state index contributed by atoms with van der Waals surface area (Å²) in [4.78, 5) is 0. The van der Waals surface area contributed by atoms with Gasteiger partial charge in [0.15, 0.2) is 0 Å². The summed E-state index contributed by atoms with van der Waals surface area (Å²) in [6, 6.07) is 0. The van der Waals surface area contributed by atoms with Gasteiger partial charge >= 0.3 is 0 Å². The van der Waals surface area contributed by atoms with E-state index in [-0.39, 0.29) is 6.61 Å². The second-order valence-electron chi connectivity index (χ2n) is 6.47. The number of aliphatic hydroxyl groups excluding tert-OH is 1. The van der Waals surface area contributed by atoms with E-state index >= 15 is 0 Å². The maximum atomic E-state index is 8.82. The molecule has 0 aromatic rings. The fraction of sp³-hybridized carbons (Fsp3) is 0.889. The van der Waals surface area contributed by atoms with Gasteiger partial charge in [-0.3, -0.25) is 0 Å². The minimum atomic E-state index is 0.244. The zero-order valence-corrected chi connectivity index (χ0v) is 13.5. The van der Waals surface area contributed by atoms with Gasteiger partial charge in [0.25, 0.3) is 0 Å². The Bertz CT molecular complexity index is 303. The monoisotopic (exact) mass is 296 g/mol. The molecule has 0 amide bonds. The molecule has 0 saturated carbocycles. The Kier molecular flexibility index (Phi) is 7.76. The maximum absolute atomic E-state index is 8.82. The fourth-order valence-corrected chi connectivity index (χ4v) is 3.72. The topological polar surface area (TPSA) is 38.7 Å². The molecule has 2 bridgehead atoms. The van der Waals surface area contributed by atoms with Crippen LogP contribution in [0.3, 0.4) is 0 Å². The van der Waals surface area contributed by atoms with Gasteiger partial charge in [-0.2, -0.15) is 0 Å². The van der Waals surface area contributed by atoms with Crippen molar-refractivity contribution >= 4 is 0 Å². The number of rotatable bonds is 11. The third-order valence-corrected chi connectivity index (χ3v) is 4.91. The first-order valence-electron chi connectivity index (χ1n) is 8.85. The quantitative estimate of drug-likeness (QED) is 0.466. The summed E-state index contributed by atoms with van der Waals surface area (Å²) in [6.07, 6.45) is 14.5. The van der Waals surface area contributed by atoms with Crippen LogP contribution in [0.5, 0.6) is 0 Å². The van der Waals surface area contributed by atoms with E-state index in [1.165, 1.54) is 38.5 Å². The fourth-order valence-electron chi connectivity index (χ4n) is 3.72. The first-order chi connectivity index (χ1) is 10.4. The molecular formula is C18H32O3. The number of hydrogen-bond acceptors (Lipinski definition) is 3. The van der Waals surface area contributed by atoms with Gasteiger partial charge in [-0.15, -0.1) is 0 Å². The Hall–Kier alpha value is -0.380. The Balaban J connectivity index is 1.69. The first-order valence-corrected chi connectivity index (χ1v) is 8.85. The first kappa shape index (κ1) is 17.0. The van der Waals surface area contributed by atoms with Crippen molar-refractivity contribution in [1.82, 2.24) is 0 Å². The molecule has 2 rings (SSSR count). The van der Waals surface area contributed by atoms with Crippen LogP contribution in [0, 0.1) is 11.8 Å². The molecule has 0 aliphatic carbocycles. The van der Waals surface area contributed by atoms with E-state index in [4.69, 9.17) is 14.6 Å².